The lowest BCUT2D eigenvalue weighted by atomic mass is 9.67. The van der Waals surface area contributed by atoms with Crippen LogP contribution in [0, 0.1) is 23.7 Å². The Morgan fingerprint density at radius 2 is 2.00 bits per heavy atom. The summed E-state index contributed by atoms with van der Waals surface area (Å²) in [6.45, 7) is 7.03. The van der Waals surface area contributed by atoms with E-state index in [1.807, 2.05) is 6.07 Å². The van der Waals surface area contributed by atoms with E-state index in [9.17, 15) is 14.7 Å². The van der Waals surface area contributed by atoms with Gasteiger partial charge in [0.25, 0.3) is 0 Å². The number of phenols is 1. The third-order valence-electron chi connectivity index (χ3n) is 7.50. The van der Waals surface area contributed by atoms with E-state index < -0.39 is 0 Å². The van der Waals surface area contributed by atoms with E-state index in [1.165, 1.54) is 21.6 Å². The summed E-state index contributed by atoms with van der Waals surface area (Å²) in [7, 11) is 1.61. The quantitative estimate of drug-likeness (QED) is 0.414. The number of likely N-dealkylation sites (tertiary alicyclic amines) is 1. The highest BCUT2D eigenvalue weighted by atomic mass is 35.5. The number of fused-ring (bicyclic) bond motifs is 3. The number of hydrogen-bond donors (Lipinski definition) is 1. The Balaban J connectivity index is 1.57. The summed E-state index contributed by atoms with van der Waals surface area (Å²) >= 11 is 6.33. The molecule has 0 radical (unpaired) electrons. The van der Waals surface area contributed by atoms with E-state index >= 15 is 0 Å². The van der Waals surface area contributed by atoms with Crippen molar-refractivity contribution in [3.8, 4) is 5.75 Å². The largest absolute Gasteiger partial charge is 0.508 e. The highest BCUT2D eigenvalue weighted by Crippen LogP contribution is 2.51. The number of carbonyl (C=O) groups excluding carboxylic acids is 2. The van der Waals surface area contributed by atoms with Gasteiger partial charge in [0.1, 0.15) is 5.75 Å². The molecular weight excluding hydrogens is 438 g/mol. The zero-order chi connectivity index (χ0) is 23.9. The molecule has 1 N–H and O–H groups in total. The Bertz CT molecular complexity index is 1010. The lowest BCUT2D eigenvalue weighted by Crippen LogP contribution is -2.34. The first-order valence-electron chi connectivity index (χ1n) is 12.1. The fourth-order valence-corrected chi connectivity index (χ4v) is 6.11. The number of amides is 2. The van der Waals surface area contributed by atoms with Gasteiger partial charge < -0.3 is 9.84 Å². The molecule has 0 unspecified atom stereocenters. The van der Waals surface area contributed by atoms with Crippen molar-refractivity contribution in [1.82, 2.24) is 4.90 Å². The SMILES string of the molecule is CCC/C(=C\c1ccc(O)cc1Cl)CC[C@H]1OC[C@H]2C1=C(C(C)C)C[C@H]1C(=O)N(C)C(=O)[C@H]12. The Hall–Kier alpha value is -2.11. The van der Waals surface area contributed by atoms with Crippen molar-refractivity contribution < 1.29 is 19.4 Å². The van der Waals surface area contributed by atoms with Crippen LogP contribution in [0.5, 0.6) is 5.75 Å². The maximum atomic E-state index is 12.9. The van der Waals surface area contributed by atoms with Crippen LogP contribution < -0.4 is 0 Å². The predicted octanol–water partition coefficient (Wildman–Crippen LogP) is 5.61. The summed E-state index contributed by atoms with van der Waals surface area (Å²) in [5.74, 6) is -0.0955. The molecule has 0 spiro atoms. The molecule has 2 heterocycles. The molecule has 2 amide bonds. The zero-order valence-electron chi connectivity index (χ0n) is 19.9. The Morgan fingerprint density at radius 3 is 2.67 bits per heavy atom. The van der Waals surface area contributed by atoms with E-state index in [0.29, 0.717) is 24.0 Å². The van der Waals surface area contributed by atoms with Crippen molar-refractivity contribution in [3.05, 3.63) is 45.5 Å². The number of benzene rings is 1. The van der Waals surface area contributed by atoms with Crippen molar-refractivity contribution >= 4 is 29.5 Å². The fourth-order valence-electron chi connectivity index (χ4n) is 5.88. The number of hydrogen-bond acceptors (Lipinski definition) is 4. The van der Waals surface area contributed by atoms with Crippen molar-refractivity contribution in [2.24, 2.45) is 23.7 Å². The molecule has 2 fully saturated rings. The molecule has 4 atom stereocenters. The molecule has 0 saturated carbocycles. The molecule has 178 valence electrons. The van der Waals surface area contributed by atoms with Crippen LogP contribution in [0.25, 0.3) is 6.08 Å². The standard InChI is InChI=1S/C27H34ClNO4/c1-5-6-16(11-17-8-9-18(30)12-22(17)28)7-10-23-24-19(15(2)3)13-20-25(21(24)14-33-23)27(32)29(4)26(20)31/h8-9,11-12,15,20-21,23,25,30H,5-7,10,13-14H2,1-4H3/b16-11+/t20-,21+,23-,25-/m1/s1. The number of imide groups is 1. The van der Waals surface area contributed by atoms with Crippen LogP contribution in [0.15, 0.2) is 34.9 Å². The number of carbonyl (C=O) groups is 2. The maximum absolute atomic E-state index is 12.9. The topological polar surface area (TPSA) is 66.8 Å². The maximum Gasteiger partial charge on any atom is 0.233 e. The summed E-state index contributed by atoms with van der Waals surface area (Å²) in [4.78, 5) is 26.9. The van der Waals surface area contributed by atoms with E-state index in [1.54, 1.807) is 19.2 Å². The lowest BCUT2D eigenvalue weighted by Gasteiger charge is -2.33. The molecule has 0 bridgehead atoms. The van der Waals surface area contributed by atoms with Crippen molar-refractivity contribution in [2.75, 3.05) is 13.7 Å². The van der Waals surface area contributed by atoms with Gasteiger partial charge in [-0.1, -0.05) is 56.0 Å². The number of allylic oxidation sites excluding steroid dienone is 2. The second kappa shape index (κ2) is 9.63. The van der Waals surface area contributed by atoms with Crippen LogP contribution in [-0.2, 0) is 14.3 Å². The Morgan fingerprint density at radius 1 is 1.24 bits per heavy atom. The summed E-state index contributed by atoms with van der Waals surface area (Å²) in [5, 5.41) is 10.2. The predicted molar refractivity (Wildman–Crippen MR) is 130 cm³/mol. The molecule has 33 heavy (non-hydrogen) atoms. The molecular formula is C27H34ClNO4. The molecule has 3 aliphatic rings. The molecule has 1 aromatic rings. The average Bonchev–Trinajstić information content (AvgIpc) is 3.28. The Kier molecular flexibility index (Phi) is 7.01. The van der Waals surface area contributed by atoms with Gasteiger partial charge in [-0.05, 0) is 60.9 Å². The average molecular weight is 472 g/mol. The summed E-state index contributed by atoms with van der Waals surface area (Å²) in [5.41, 5.74) is 4.79. The highest BCUT2D eigenvalue weighted by Gasteiger charge is 2.56. The number of phenolic OH excluding ortho intramolecular Hbond substituents is 1. The van der Waals surface area contributed by atoms with Crippen molar-refractivity contribution in [2.45, 2.75) is 59.0 Å². The van der Waals surface area contributed by atoms with Gasteiger partial charge in [-0.3, -0.25) is 14.5 Å². The third-order valence-corrected chi connectivity index (χ3v) is 7.83. The van der Waals surface area contributed by atoms with Crippen LogP contribution >= 0.6 is 11.6 Å². The second-order valence-electron chi connectivity index (χ2n) is 9.93. The monoisotopic (exact) mass is 471 g/mol. The summed E-state index contributed by atoms with van der Waals surface area (Å²) < 4.78 is 6.30. The van der Waals surface area contributed by atoms with Gasteiger partial charge in [0.05, 0.1) is 29.6 Å². The highest BCUT2D eigenvalue weighted by molar-refractivity contribution is 6.32. The smallest absolute Gasteiger partial charge is 0.233 e. The number of halogens is 1. The number of rotatable bonds is 7. The van der Waals surface area contributed by atoms with Crippen LogP contribution in [-0.4, -0.2) is 41.6 Å². The number of ether oxygens (including phenoxy) is 1. The minimum atomic E-state index is -0.272. The molecule has 5 nitrogen and oxygen atoms in total. The minimum Gasteiger partial charge on any atom is -0.508 e. The van der Waals surface area contributed by atoms with Gasteiger partial charge in [0, 0.05) is 13.0 Å². The Labute approximate surface area is 201 Å². The fraction of sp³-hybridized carbons (Fsp3) is 0.556. The van der Waals surface area contributed by atoms with Gasteiger partial charge in [-0.15, -0.1) is 0 Å². The van der Waals surface area contributed by atoms with Gasteiger partial charge in [0.2, 0.25) is 11.8 Å². The van der Waals surface area contributed by atoms with Crippen LogP contribution in [0.1, 0.15) is 58.4 Å². The van der Waals surface area contributed by atoms with Gasteiger partial charge >= 0.3 is 0 Å². The zero-order valence-corrected chi connectivity index (χ0v) is 20.7. The van der Waals surface area contributed by atoms with E-state index in [2.05, 4.69) is 26.8 Å². The van der Waals surface area contributed by atoms with Gasteiger partial charge in [0.15, 0.2) is 0 Å². The van der Waals surface area contributed by atoms with Crippen LogP contribution in [0.2, 0.25) is 5.02 Å². The molecule has 6 heteroatoms. The third kappa shape index (κ3) is 4.50. The first kappa shape index (κ1) is 24.0. The molecule has 0 aromatic heterocycles. The van der Waals surface area contributed by atoms with Crippen molar-refractivity contribution in [3.63, 3.8) is 0 Å². The molecule has 2 saturated heterocycles. The molecule has 2 aliphatic heterocycles. The lowest BCUT2D eigenvalue weighted by molar-refractivity contribution is -0.138. The van der Waals surface area contributed by atoms with Crippen LogP contribution in [0.3, 0.4) is 0 Å². The summed E-state index contributed by atoms with van der Waals surface area (Å²) in [6.07, 6.45) is 6.49. The molecule has 4 rings (SSSR count). The number of aromatic hydroxyl groups is 1. The summed E-state index contributed by atoms with van der Waals surface area (Å²) in [6, 6.07) is 5.06. The number of nitrogens with zero attached hydrogens (tertiary/aromatic N) is 1. The normalized spacial score (nSPS) is 27.6. The minimum absolute atomic E-state index is 0.0118. The van der Waals surface area contributed by atoms with E-state index in [0.717, 1.165) is 31.2 Å². The molecule has 1 aliphatic carbocycles. The van der Waals surface area contributed by atoms with E-state index in [4.69, 9.17) is 16.3 Å². The van der Waals surface area contributed by atoms with Crippen LogP contribution in [0.4, 0.5) is 0 Å². The first-order chi connectivity index (χ1) is 15.7. The second-order valence-corrected chi connectivity index (χ2v) is 10.3. The van der Waals surface area contributed by atoms with E-state index in [-0.39, 0.29) is 41.4 Å². The van der Waals surface area contributed by atoms with Crippen molar-refractivity contribution in [1.29, 1.82) is 0 Å². The first-order valence-corrected chi connectivity index (χ1v) is 12.4. The van der Waals surface area contributed by atoms with Gasteiger partial charge in [-0.25, -0.2) is 0 Å². The molecule has 1 aromatic carbocycles. The van der Waals surface area contributed by atoms with Gasteiger partial charge in [-0.2, -0.15) is 0 Å².